The molecule has 0 fully saturated rings. The van der Waals surface area contributed by atoms with Gasteiger partial charge in [0.05, 0.1) is 33.1 Å². The minimum absolute atomic E-state index is 0.0317. The lowest BCUT2D eigenvalue weighted by atomic mass is 9.95. The zero-order valence-electron chi connectivity index (χ0n) is 18.1. The van der Waals surface area contributed by atoms with Crippen LogP contribution >= 0.6 is 0 Å². The van der Waals surface area contributed by atoms with Gasteiger partial charge in [-0.2, -0.15) is 0 Å². The molecule has 1 atom stereocenters. The van der Waals surface area contributed by atoms with E-state index < -0.39 is 6.67 Å². The van der Waals surface area contributed by atoms with Gasteiger partial charge in [0.15, 0.2) is 11.5 Å². The van der Waals surface area contributed by atoms with Gasteiger partial charge in [0.1, 0.15) is 6.67 Å². The fourth-order valence-electron chi connectivity index (χ4n) is 4.04. The lowest BCUT2D eigenvalue weighted by Crippen LogP contribution is -2.26. The van der Waals surface area contributed by atoms with Crippen LogP contribution in [-0.4, -0.2) is 40.5 Å². The lowest BCUT2D eigenvalue weighted by molar-refractivity contribution is -0.119. The third-order valence-corrected chi connectivity index (χ3v) is 5.33. The van der Waals surface area contributed by atoms with Crippen LogP contribution in [0.1, 0.15) is 30.5 Å². The SMILES string of the molecule is COc1cc2c(c(OC)c1OC)-c1ccc(NCCF)c(=O)cc1[C@@H](NC(C)=O)CC2. The molecule has 1 amide bonds. The number of fused-ring (bicyclic) bond motifs is 3. The zero-order chi connectivity index (χ0) is 22.5. The predicted molar refractivity (Wildman–Crippen MR) is 117 cm³/mol. The smallest absolute Gasteiger partial charge is 0.217 e. The number of hydrogen-bond donors (Lipinski definition) is 2. The molecule has 7 nitrogen and oxygen atoms in total. The van der Waals surface area contributed by atoms with E-state index in [0.717, 1.165) is 16.7 Å². The van der Waals surface area contributed by atoms with Gasteiger partial charge in [0.2, 0.25) is 17.1 Å². The second kappa shape index (κ2) is 9.68. The Hall–Kier alpha value is -3.29. The molecule has 0 saturated heterocycles. The van der Waals surface area contributed by atoms with E-state index in [0.29, 0.717) is 35.7 Å². The monoisotopic (exact) mass is 430 g/mol. The van der Waals surface area contributed by atoms with Crippen LogP contribution in [0.2, 0.25) is 0 Å². The van der Waals surface area contributed by atoms with Crippen molar-refractivity contribution in [1.82, 2.24) is 5.32 Å². The summed E-state index contributed by atoms with van der Waals surface area (Å²) in [5.41, 5.74) is 3.11. The van der Waals surface area contributed by atoms with Crippen molar-refractivity contribution in [1.29, 1.82) is 0 Å². The zero-order valence-corrected chi connectivity index (χ0v) is 18.1. The average Bonchev–Trinajstić information content (AvgIpc) is 2.99. The molecule has 0 unspecified atom stereocenters. The van der Waals surface area contributed by atoms with Crippen molar-refractivity contribution in [2.45, 2.75) is 25.8 Å². The van der Waals surface area contributed by atoms with Gasteiger partial charge in [-0.3, -0.25) is 9.59 Å². The number of benzene rings is 1. The molecular formula is C23H27FN2O5. The van der Waals surface area contributed by atoms with E-state index in [4.69, 9.17) is 14.2 Å². The summed E-state index contributed by atoms with van der Waals surface area (Å²) < 4.78 is 29.4. The first-order valence-corrected chi connectivity index (χ1v) is 10.0. The van der Waals surface area contributed by atoms with Crippen LogP contribution in [0.5, 0.6) is 17.2 Å². The molecule has 0 saturated carbocycles. The van der Waals surface area contributed by atoms with Crippen molar-refractivity contribution in [2.24, 2.45) is 0 Å². The molecule has 0 heterocycles. The molecule has 0 aromatic heterocycles. The topological polar surface area (TPSA) is 85.9 Å². The number of rotatable bonds is 7. The first-order chi connectivity index (χ1) is 14.9. The highest BCUT2D eigenvalue weighted by atomic mass is 19.1. The number of aryl methyl sites for hydroxylation is 1. The van der Waals surface area contributed by atoms with Crippen molar-refractivity contribution in [3.8, 4) is 28.4 Å². The third-order valence-electron chi connectivity index (χ3n) is 5.33. The Labute approximate surface area is 180 Å². The summed E-state index contributed by atoms with van der Waals surface area (Å²) in [6, 6.07) is 6.44. The minimum Gasteiger partial charge on any atom is -0.493 e. The standard InChI is InChI=1S/C23H27FN2O5/c1-13(27)26-17-7-5-14-11-20(29-2)22(30-3)23(31-4)21(14)15-6-8-18(25-10-9-24)19(28)12-16(15)17/h6,8,11-12,17H,5,7,9-10H2,1-4H3,(H,25,28)(H,26,27)/t17-/m0/s1. The summed E-state index contributed by atoms with van der Waals surface area (Å²) in [6.07, 6.45) is 1.20. The number of alkyl halides is 1. The Kier molecular flexibility index (Phi) is 6.99. The van der Waals surface area contributed by atoms with Crippen LogP contribution in [0, 0.1) is 0 Å². The number of carbonyl (C=O) groups is 1. The lowest BCUT2D eigenvalue weighted by Gasteiger charge is -2.19. The van der Waals surface area contributed by atoms with Crippen LogP contribution < -0.4 is 30.3 Å². The normalized spacial score (nSPS) is 14.5. The summed E-state index contributed by atoms with van der Waals surface area (Å²) in [7, 11) is 4.63. The summed E-state index contributed by atoms with van der Waals surface area (Å²) in [5, 5.41) is 5.77. The molecule has 2 aromatic carbocycles. The molecule has 0 radical (unpaired) electrons. The molecule has 166 valence electrons. The molecule has 1 aliphatic carbocycles. The second-order valence-electron chi connectivity index (χ2n) is 7.21. The van der Waals surface area contributed by atoms with Crippen molar-refractivity contribution in [3.63, 3.8) is 0 Å². The maximum Gasteiger partial charge on any atom is 0.217 e. The molecule has 8 heteroatoms. The van der Waals surface area contributed by atoms with Crippen LogP contribution in [-0.2, 0) is 11.2 Å². The number of carbonyl (C=O) groups excluding carboxylic acids is 1. The molecule has 2 N–H and O–H groups in total. The molecule has 3 rings (SSSR count). The first-order valence-electron chi connectivity index (χ1n) is 10.0. The molecule has 2 aromatic rings. The number of amides is 1. The molecule has 0 bridgehead atoms. The Bertz CT molecular complexity index is 1040. The number of anilines is 1. The molecule has 31 heavy (non-hydrogen) atoms. The van der Waals surface area contributed by atoms with Gasteiger partial charge in [-0.05, 0) is 47.7 Å². The fourth-order valence-corrected chi connectivity index (χ4v) is 4.04. The van der Waals surface area contributed by atoms with Crippen LogP contribution in [0.4, 0.5) is 10.1 Å². The third kappa shape index (κ3) is 4.42. The first kappa shape index (κ1) is 22.4. The Morgan fingerprint density at radius 3 is 2.48 bits per heavy atom. The largest absolute Gasteiger partial charge is 0.493 e. The Morgan fingerprint density at radius 2 is 1.87 bits per heavy atom. The Balaban J connectivity index is 2.36. The van der Waals surface area contributed by atoms with Crippen molar-refractivity contribution in [3.05, 3.63) is 45.6 Å². The van der Waals surface area contributed by atoms with Crippen LogP contribution in [0.25, 0.3) is 11.1 Å². The van der Waals surface area contributed by atoms with Gasteiger partial charge in [-0.15, -0.1) is 0 Å². The number of nitrogens with one attached hydrogen (secondary N) is 2. The van der Waals surface area contributed by atoms with E-state index in [-0.39, 0.29) is 29.6 Å². The van der Waals surface area contributed by atoms with Crippen LogP contribution in [0.3, 0.4) is 0 Å². The van der Waals surface area contributed by atoms with Crippen molar-refractivity contribution in [2.75, 3.05) is 39.9 Å². The number of ether oxygens (including phenoxy) is 3. The maximum atomic E-state index is 12.9. The van der Waals surface area contributed by atoms with E-state index in [9.17, 15) is 14.0 Å². The molecular weight excluding hydrogens is 403 g/mol. The van der Waals surface area contributed by atoms with E-state index in [1.807, 2.05) is 6.07 Å². The van der Waals surface area contributed by atoms with E-state index >= 15 is 0 Å². The van der Waals surface area contributed by atoms with Crippen molar-refractivity contribution < 1.29 is 23.4 Å². The number of halogens is 1. The summed E-state index contributed by atoms with van der Waals surface area (Å²) >= 11 is 0. The number of methoxy groups -OCH3 is 3. The fraction of sp³-hybridized carbons (Fsp3) is 0.391. The maximum absolute atomic E-state index is 12.9. The van der Waals surface area contributed by atoms with Gasteiger partial charge >= 0.3 is 0 Å². The quantitative estimate of drug-likeness (QED) is 0.702. The summed E-state index contributed by atoms with van der Waals surface area (Å²) in [5.74, 6) is 1.27. The summed E-state index contributed by atoms with van der Waals surface area (Å²) in [4.78, 5) is 24.8. The van der Waals surface area contributed by atoms with E-state index in [1.54, 1.807) is 26.4 Å². The van der Waals surface area contributed by atoms with Gasteiger partial charge in [-0.1, -0.05) is 6.07 Å². The minimum atomic E-state index is -0.597. The predicted octanol–water partition coefficient (Wildman–Crippen LogP) is 3.24. The Morgan fingerprint density at radius 1 is 1.13 bits per heavy atom. The average molecular weight is 430 g/mol. The van der Waals surface area contributed by atoms with Gasteiger partial charge < -0.3 is 24.8 Å². The van der Waals surface area contributed by atoms with Crippen molar-refractivity contribution >= 4 is 11.6 Å². The van der Waals surface area contributed by atoms with Crippen LogP contribution in [0.15, 0.2) is 29.1 Å². The van der Waals surface area contributed by atoms with E-state index in [1.165, 1.54) is 20.1 Å². The second-order valence-corrected chi connectivity index (χ2v) is 7.21. The van der Waals surface area contributed by atoms with Gasteiger partial charge in [0.25, 0.3) is 0 Å². The highest BCUT2D eigenvalue weighted by Gasteiger charge is 2.29. The molecule has 0 spiro atoms. The molecule has 0 aliphatic heterocycles. The van der Waals surface area contributed by atoms with E-state index in [2.05, 4.69) is 10.6 Å². The molecule has 1 aliphatic rings. The van der Waals surface area contributed by atoms with Gasteiger partial charge in [-0.25, -0.2) is 4.39 Å². The highest BCUT2D eigenvalue weighted by Crippen LogP contribution is 2.50. The highest BCUT2D eigenvalue weighted by molar-refractivity contribution is 5.83. The number of hydrogen-bond acceptors (Lipinski definition) is 6. The summed E-state index contributed by atoms with van der Waals surface area (Å²) in [6.45, 7) is 0.879. The van der Waals surface area contributed by atoms with Gasteiger partial charge in [0, 0.05) is 19.0 Å².